The van der Waals surface area contributed by atoms with Crippen LogP contribution in [0.25, 0.3) is 0 Å². The lowest BCUT2D eigenvalue weighted by Gasteiger charge is -2.15. The first-order valence-corrected chi connectivity index (χ1v) is 7.76. The number of rotatable bonds is 6. The van der Waals surface area contributed by atoms with Crippen molar-refractivity contribution in [2.45, 2.75) is 19.4 Å². The number of aromatic nitrogens is 2. The lowest BCUT2D eigenvalue weighted by molar-refractivity contribution is 0.201. The molecule has 0 saturated heterocycles. The van der Waals surface area contributed by atoms with E-state index in [1.807, 2.05) is 6.92 Å². The maximum Gasteiger partial charge on any atom is 0.203 e. The van der Waals surface area contributed by atoms with Crippen LogP contribution in [0, 0.1) is 5.82 Å². The van der Waals surface area contributed by atoms with Gasteiger partial charge in [-0.25, -0.2) is 9.37 Å². The van der Waals surface area contributed by atoms with E-state index in [1.54, 1.807) is 7.11 Å². The number of benzene rings is 1. The standard InChI is InChI=1S/C13H14Cl2FN3OS/c1-7(8-5-11(16)10(15)6-9(8)14)17-13-18-12(19-21-13)3-4-20-2/h5-7H,3-4H2,1-2H3,(H,17,18,19). The summed E-state index contributed by atoms with van der Waals surface area (Å²) >= 11 is 13.0. The number of methoxy groups -OCH3 is 1. The molecule has 0 fully saturated rings. The van der Waals surface area contributed by atoms with Gasteiger partial charge in [-0.3, -0.25) is 0 Å². The monoisotopic (exact) mass is 349 g/mol. The van der Waals surface area contributed by atoms with Gasteiger partial charge in [0.05, 0.1) is 17.7 Å². The van der Waals surface area contributed by atoms with Crippen LogP contribution in [-0.4, -0.2) is 23.1 Å². The number of anilines is 1. The summed E-state index contributed by atoms with van der Waals surface area (Å²) in [5.41, 5.74) is 0.618. The van der Waals surface area contributed by atoms with Crippen LogP contribution in [0.5, 0.6) is 0 Å². The minimum Gasteiger partial charge on any atom is -0.384 e. The third-order valence-corrected chi connectivity index (χ3v) is 4.15. The number of ether oxygens (including phenoxy) is 1. The van der Waals surface area contributed by atoms with Crippen molar-refractivity contribution in [1.29, 1.82) is 0 Å². The summed E-state index contributed by atoms with van der Waals surface area (Å²) in [7, 11) is 1.63. The molecule has 0 aliphatic rings. The molecule has 1 N–H and O–H groups in total. The summed E-state index contributed by atoms with van der Waals surface area (Å²) < 4.78 is 22.7. The summed E-state index contributed by atoms with van der Waals surface area (Å²) in [4.78, 5) is 4.34. The minimum absolute atomic E-state index is 0.00807. The smallest absolute Gasteiger partial charge is 0.203 e. The number of hydrogen-bond donors (Lipinski definition) is 1. The van der Waals surface area contributed by atoms with Crippen molar-refractivity contribution in [3.8, 4) is 0 Å². The number of halogens is 3. The zero-order chi connectivity index (χ0) is 15.4. The van der Waals surface area contributed by atoms with Gasteiger partial charge < -0.3 is 10.1 Å². The molecule has 2 aromatic rings. The van der Waals surface area contributed by atoms with Gasteiger partial charge in [0.15, 0.2) is 0 Å². The summed E-state index contributed by atoms with van der Waals surface area (Å²) in [6, 6.07) is 2.51. The lowest BCUT2D eigenvalue weighted by Crippen LogP contribution is -2.08. The number of nitrogens with zero attached hydrogens (tertiary/aromatic N) is 2. The maximum atomic E-state index is 13.5. The lowest BCUT2D eigenvalue weighted by atomic mass is 10.1. The molecule has 1 atom stereocenters. The van der Waals surface area contributed by atoms with Crippen LogP contribution in [0.15, 0.2) is 12.1 Å². The molecule has 0 bridgehead atoms. The van der Waals surface area contributed by atoms with Crippen LogP contribution in [0.3, 0.4) is 0 Å². The molecule has 1 heterocycles. The Morgan fingerprint density at radius 1 is 1.38 bits per heavy atom. The molecule has 0 saturated carbocycles. The molecule has 1 aromatic carbocycles. The summed E-state index contributed by atoms with van der Waals surface area (Å²) in [5.74, 6) is 0.215. The molecule has 1 unspecified atom stereocenters. The number of nitrogens with one attached hydrogen (secondary N) is 1. The molecule has 4 nitrogen and oxygen atoms in total. The van der Waals surface area contributed by atoms with Crippen LogP contribution in [-0.2, 0) is 11.2 Å². The number of hydrogen-bond acceptors (Lipinski definition) is 5. The quantitative estimate of drug-likeness (QED) is 0.787. The molecule has 114 valence electrons. The highest BCUT2D eigenvalue weighted by Crippen LogP contribution is 2.30. The fourth-order valence-corrected chi connectivity index (χ4v) is 2.99. The van der Waals surface area contributed by atoms with Gasteiger partial charge in [-0.05, 0) is 24.6 Å². The van der Waals surface area contributed by atoms with Crippen molar-refractivity contribution < 1.29 is 9.13 Å². The van der Waals surface area contributed by atoms with Crippen molar-refractivity contribution >= 4 is 39.9 Å². The second-order valence-electron chi connectivity index (χ2n) is 4.41. The Kier molecular flexibility index (Phi) is 5.75. The second kappa shape index (κ2) is 7.35. The highest BCUT2D eigenvalue weighted by molar-refractivity contribution is 7.09. The van der Waals surface area contributed by atoms with Crippen molar-refractivity contribution in [2.24, 2.45) is 0 Å². The third kappa shape index (κ3) is 4.26. The summed E-state index contributed by atoms with van der Waals surface area (Å²) in [5, 5.41) is 4.22. The Balaban J connectivity index is 2.09. The highest BCUT2D eigenvalue weighted by Gasteiger charge is 2.15. The predicted molar refractivity (Wildman–Crippen MR) is 83.9 cm³/mol. The fraction of sp³-hybridized carbons (Fsp3) is 0.385. The van der Waals surface area contributed by atoms with Crippen molar-refractivity contribution in [3.63, 3.8) is 0 Å². The van der Waals surface area contributed by atoms with Gasteiger partial charge in [0.1, 0.15) is 11.6 Å². The van der Waals surface area contributed by atoms with Gasteiger partial charge in [0.2, 0.25) is 5.13 Å². The van der Waals surface area contributed by atoms with E-state index in [2.05, 4.69) is 14.7 Å². The van der Waals surface area contributed by atoms with E-state index in [1.165, 1.54) is 23.7 Å². The van der Waals surface area contributed by atoms with Gasteiger partial charge in [-0.1, -0.05) is 23.2 Å². The second-order valence-corrected chi connectivity index (χ2v) is 5.98. The fourth-order valence-electron chi connectivity index (χ4n) is 1.74. The van der Waals surface area contributed by atoms with Crippen LogP contribution < -0.4 is 5.32 Å². The normalized spacial score (nSPS) is 12.4. The SMILES string of the molecule is COCCc1nsc(NC(C)c2cc(F)c(Cl)cc2Cl)n1. The van der Waals surface area contributed by atoms with E-state index in [0.29, 0.717) is 34.6 Å². The molecule has 0 spiro atoms. The average Bonchev–Trinajstić information content (AvgIpc) is 2.88. The van der Waals surface area contributed by atoms with Crippen molar-refractivity contribution in [1.82, 2.24) is 9.36 Å². The first kappa shape index (κ1) is 16.4. The van der Waals surface area contributed by atoms with Crippen LogP contribution >= 0.6 is 34.7 Å². The van der Waals surface area contributed by atoms with Crippen LogP contribution in [0.1, 0.15) is 24.4 Å². The molecule has 1 aromatic heterocycles. The van der Waals surface area contributed by atoms with E-state index in [4.69, 9.17) is 27.9 Å². The molecule has 2 rings (SSSR count). The first-order valence-electron chi connectivity index (χ1n) is 6.23. The highest BCUT2D eigenvalue weighted by atomic mass is 35.5. The minimum atomic E-state index is -0.497. The molecular formula is C13H14Cl2FN3OS. The Morgan fingerprint density at radius 3 is 2.86 bits per heavy atom. The topological polar surface area (TPSA) is 47.0 Å². The summed E-state index contributed by atoms with van der Waals surface area (Å²) in [6.45, 7) is 2.44. The van der Waals surface area contributed by atoms with Gasteiger partial charge in [-0.15, -0.1) is 0 Å². The third-order valence-electron chi connectivity index (χ3n) is 2.84. The Labute approximate surface area is 136 Å². The van der Waals surface area contributed by atoms with Crippen LogP contribution in [0.4, 0.5) is 9.52 Å². The largest absolute Gasteiger partial charge is 0.384 e. The zero-order valence-corrected chi connectivity index (χ0v) is 13.8. The zero-order valence-electron chi connectivity index (χ0n) is 11.5. The molecule has 8 heteroatoms. The van der Waals surface area contributed by atoms with Gasteiger partial charge in [-0.2, -0.15) is 4.37 Å². The Bertz CT molecular complexity index is 623. The van der Waals surface area contributed by atoms with E-state index < -0.39 is 5.82 Å². The van der Waals surface area contributed by atoms with E-state index >= 15 is 0 Å². The molecule has 0 aliphatic carbocycles. The summed E-state index contributed by atoms with van der Waals surface area (Å²) in [6.07, 6.45) is 0.652. The molecule has 0 radical (unpaired) electrons. The molecule has 0 aliphatic heterocycles. The van der Waals surface area contributed by atoms with Crippen LogP contribution in [0.2, 0.25) is 10.0 Å². The van der Waals surface area contributed by atoms with Gasteiger partial charge in [0.25, 0.3) is 0 Å². The van der Waals surface area contributed by atoms with Crippen molar-refractivity contribution in [3.05, 3.63) is 39.4 Å². The van der Waals surface area contributed by atoms with Gasteiger partial charge in [0, 0.05) is 30.1 Å². The average molecular weight is 350 g/mol. The van der Waals surface area contributed by atoms with E-state index in [9.17, 15) is 4.39 Å². The van der Waals surface area contributed by atoms with E-state index in [-0.39, 0.29) is 11.1 Å². The predicted octanol–water partition coefficient (Wildman–Crippen LogP) is 4.35. The molecular weight excluding hydrogens is 336 g/mol. The van der Waals surface area contributed by atoms with Gasteiger partial charge >= 0.3 is 0 Å². The van der Waals surface area contributed by atoms with Crippen molar-refractivity contribution in [2.75, 3.05) is 19.0 Å². The first-order chi connectivity index (χ1) is 10.0. The Hall–Kier alpha value is -0.950. The van der Waals surface area contributed by atoms with E-state index in [0.717, 1.165) is 0 Å². The molecule has 21 heavy (non-hydrogen) atoms. The Morgan fingerprint density at radius 2 is 2.14 bits per heavy atom. The maximum absolute atomic E-state index is 13.5. The molecule has 0 amide bonds.